The number of aromatic nitrogens is 2. The van der Waals surface area contributed by atoms with Crippen LogP contribution in [0.3, 0.4) is 0 Å². The summed E-state index contributed by atoms with van der Waals surface area (Å²) in [6.45, 7) is 4.57. The number of nitrogens with one attached hydrogen (secondary N) is 1. The number of carbonyl (C=O) groups excluding carboxylic acids is 1. The van der Waals surface area contributed by atoms with Gasteiger partial charge in [0.25, 0.3) is 0 Å². The van der Waals surface area contributed by atoms with Crippen LogP contribution in [-0.4, -0.2) is 59.9 Å². The van der Waals surface area contributed by atoms with Crippen molar-refractivity contribution in [2.75, 3.05) is 26.2 Å². The molecule has 2 aromatic rings. The van der Waals surface area contributed by atoms with Crippen LogP contribution in [0.2, 0.25) is 0 Å². The first-order chi connectivity index (χ1) is 14.9. The van der Waals surface area contributed by atoms with E-state index in [9.17, 15) is 13.2 Å². The molecule has 2 aliphatic heterocycles. The molecule has 0 aliphatic carbocycles. The van der Waals surface area contributed by atoms with Crippen LogP contribution >= 0.6 is 0 Å². The van der Waals surface area contributed by atoms with Crippen LogP contribution in [-0.2, 0) is 21.2 Å². The summed E-state index contributed by atoms with van der Waals surface area (Å²) in [5.41, 5.74) is 0.831. The zero-order valence-electron chi connectivity index (χ0n) is 18.2. The van der Waals surface area contributed by atoms with E-state index in [0.29, 0.717) is 25.9 Å². The Balaban J connectivity index is 1.42. The minimum Gasteiger partial charge on any atom is -0.342 e. The molecule has 0 bridgehead atoms. The predicted molar refractivity (Wildman–Crippen MR) is 119 cm³/mol. The summed E-state index contributed by atoms with van der Waals surface area (Å²) < 4.78 is 27.1. The van der Waals surface area contributed by atoms with E-state index >= 15 is 0 Å². The SMILES string of the molecule is C[C@]1(C2CCN(S(=O)(=O)c3cn[nH]c3)CC2)CCCCN(CCc2ccccc2)C1=O. The second-order valence-corrected chi connectivity index (χ2v) is 11.0. The zero-order valence-corrected chi connectivity index (χ0v) is 19.0. The lowest BCUT2D eigenvalue weighted by Crippen LogP contribution is -2.49. The zero-order chi connectivity index (χ0) is 21.9. The third kappa shape index (κ3) is 4.55. The summed E-state index contributed by atoms with van der Waals surface area (Å²) in [5.74, 6) is 0.449. The molecule has 4 rings (SSSR count). The van der Waals surface area contributed by atoms with Crippen molar-refractivity contribution in [1.82, 2.24) is 19.4 Å². The van der Waals surface area contributed by atoms with Gasteiger partial charge < -0.3 is 4.90 Å². The van der Waals surface area contributed by atoms with Crippen molar-refractivity contribution in [3.05, 3.63) is 48.3 Å². The van der Waals surface area contributed by atoms with Gasteiger partial charge >= 0.3 is 0 Å². The van der Waals surface area contributed by atoms with Gasteiger partial charge in [0.05, 0.1) is 6.20 Å². The molecular formula is C23H32N4O3S. The van der Waals surface area contributed by atoms with Crippen LogP contribution < -0.4 is 0 Å². The predicted octanol–water partition coefficient (Wildman–Crippen LogP) is 3.07. The molecule has 1 atom stereocenters. The Kier molecular flexibility index (Phi) is 6.48. The first kappa shape index (κ1) is 22.0. The molecule has 1 aromatic heterocycles. The third-order valence-corrected chi connectivity index (χ3v) is 8.99. The number of amides is 1. The summed E-state index contributed by atoms with van der Waals surface area (Å²) >= 11 is 0. The molecule has 8 heteroatoms. The lowest BCUT2D eigenvalue weighted by molar-refractivity contribution is -0.144. The smallest absolute Gasteiger partial charge is 0.246 e. The van der Waals surface area contributed by atoms with Crippen LogP contribution in [0.15, 0.2) is 47.6 Å². The summed E-state index contributed by atoms with van der Waals surface area (Å²) in [6, 6.07) is 10.3. The number of sulfonamides is 1. The standard InChI is InChI=1S/C23H32N4O3S/c1-23(20-10-15-27(16-11-20)31(29,30)21-17-24-25-18-21)12-5-6-13-26(22(23)28)14-9-19-7-3-2-4-8-19/h2-4,7-8,17-18,20H,5-6,9-16H2,1H3,(H,24,25)/t23-/m1/s1. The van der Waals surface area contributed by atoms with Gasteiger partial charge in [-0.15, -0.1) is 0 Å². The molecule has 168 valence electrons. The molecule has 0 spiro atoms. The van der Waals surface area contributed by atoms with Gasteiger partial charge in [-0.2, -0.15) is 9.40 Å². The molecule has 1 N–H and O–H groups in total. The Morgan fingerprint density at radius 1 is 1.13 bits per heavy atom. The van der Waals surface area contributed by atoms with Gasteiger partial charge in [0.1, 0.15) is 4.90 Å². The molecule has 7 nitrogen and oxygen atoms in total. The number of benzene rings is 1. The number of H-pyrrole nitrogens is 1. The number of hydrogen-bond acceptors (Lipinski definition) is 4. The number of nitrogens with zero attached hydrogens (tertiary/aromatic N) is 3. The summed E-state index contributed by atoms with van der Waals surface area (Å²) in [7, 11) is -3.52. The maximum absolute atomic E-state index is 13.6. The lowest BCUT2D eigenvalue weighted by atomic mass is 9.69. The number of piperidine rings is 1. The van der Waals surface area contributed by atoms with Crippen molar-refractivity contribution in [2.45, 2.75) is 50.3 Å². The lowest BCUT2D eigenvalue weighted by Gasteiger charge is -2.42. The minimum absolute atomic E-state index is 0.202. The van der Waals surface area contributed by atoms with E-state index in [2.05, 4.69) is 34.2 Å². The molecule has 0 unspecified atom stereocenters. The average molecular weight is 445 g/mol. The molecular weight excluding hydrogens is 412 g/mol. The fourth-order valence-electron chi connectivity index (χ4n) is 5.13. The molecule has 0 saturated carbocycles. The van der Waals surface area contributed by atoms with Crippen LogP contribution in [0, 0.1) is 11.3 Å². The second kappa shape index (κ2) is 9.12. The molecule has 2 saturated heterocycles. The Hall–Kier alpha value is -2.19. The van der Waals surface area contributed by atoms with E-state index in [-0.39, 0.29) is 16.7 Å². The van der Waals surface area contributed by atoms with Crippen molar-refractivity contribution in [3.8, 4) is 0 Å². The van der Waals surface area contributed by atoms with Gasteiger partial charge in [-0.25, -0.2) is 8.42 Å². The van der Waals surface area contributed by atoms with Gasteiger partial charge in [-0.3, -0.25) is 9.89 Å². The highest BCUT2D eigenvalue weighted by Crippen LogP contribution is 2.43. The van der Waals surface area contributed by atoms with Crippen molar-refractivity contribution in [2.24, 2.45) is 11.3 Å². The number of hydrogen-bond donors (Lipinski definition) is 1. The normalized spacial score (nSPS) is 24.3. The fourth-order valence-corrected chi connectivity index (χ4v) is 6.51. The van der Waals surface area contributed by atoms with Crippen LogP contribution in [0.4, 0.5) is 0 Å². The molecule has 1 aromatic carbocycles. The number of rotatable bonds is 6. The highest BCUT2D eigenvalue weighted by atomic mass is 32.2. The van der Waals surface area contributed by atoms with Crippen LogP contribution in [0.5, 0.6) is 0 Å². The summed E-state index contributed by atoms with van der Waals surface area (Å²) in [6.07, 6.45) is 8.01. The van der Waals surface area contributed by atoms with Gasteiger partial charge in [-0.1, -0.05) is 43.7 Å². The Morgan fingerprint density at radius 2 is 1.87 bits per heavy atom. The average Bonchev–Trinajstić information content (AvgIpc) is 3.30. The second-order valence-electron chi connectivity index (χ2n) is 9.01. The van der Waals surface area contributed by atoms with Gasteiger partial charge in [0.15, 0.2) is 0 Å². The van der Waals surface area contributed by atoms with Gasteiger partial charge in [-0.05, 0) is 43.6 Å². The third-order valence-electron chi connectivity index (χ3n) is 7.13. The molecule has 2 aliphatic rings. The molecule has 1 amide bonds. The monoisotopic (exact) mass is 444 g/mol. The Labute approximate surface area is 184 Å². The highest BCUT2D eigenvalue weighted by Gasteiger charge is 2.46. The Morgan fingerprint density at radius 3 is 2.55 bits per heavy atom. The van der Waals surface area contributed by atoms with Crippen molar-refractivity contribution < 1.29 is 13.2 Å². The first-order valence-electron chi connectivity index (χ1n) is 11.2. The molecule has 0 radical (unpaired) electrons. The van der Waals surface area contributed by atoms with E-state index in [1.807, 2.05) is 18.2 Å². The highest BCUT2D eigenvalue weighted by molar-refractivity contribution is 7.89. The number of likely N-dealkylation sites (tertiary alicyclic amines) is 1. The Bertz CT molecular complexity index is 970. The van der Waals surface area contributed by atoms with Crippen molar-refractivity contribution in [3.63, 3.8) is 0 Å². The summed E-state index contributed by atoms with van der Waals surface area (Å²) in [5, 5.41) is 6.35. The van der Waals surface area contributed by atoms with E-state index in [1.165, 1.54) is 22.3 Å². The van der Waals surface area contributed by atoms with Gasteiger partial charge in [0, 0.05) is 37.8 Å². The number of aromatic amines is 1. The van der Waals surface area contributed by atoms with E-state index in [4.69, 9.17) is 0 Å². The fraction of sp³-hybridized carbons (Fsp3) is 0.565. The number of carbonyl (C=O) groups is 1. The van der Waals surface area contributed by atoms with E-state index in [0.717, 1.165) is 38.8 Å². The van der Waals surface area contributed by atoms with E-state index < -0.39 is 15.4 Å². The van der Waals surface area contributed by atoms with Crippen molar-refractivity contribution >= 4 is 15.9 Å². The largest absolute Gasteiger partial charge is 0.342 e. The topological polar surface area (TPSA) is 86.4 Å². The molecule has 3 heterocycles. The van der Waals surface area contributed by atoms with Crippen LogP contribution in [0.25, 0.3) is 0 Å². The molecule has 31 heavy (non-hydrogen) atoms. The maximum atomic E-state index is 13.6. The first-order valence-corrected chi connectivity index (χ1v) is 12.7. The molecule has 2 fully saturated rings. The van der Waals surface area contributed by atoms with Crippen LogP contribution in [0.1, 0.15) is 44.6 Å². The quantitative estimate of drug-likeness (QED) is 0.742. The van der Waals surface area contributed by atoms with Gasteiger partial charge in [0.2, 0.25) is 15.9 Å². The van der Waals surface area contributed by atoms with E-state index in [1.54, 1.807) is 0 Å². The minimum atomic E-state index is -3.52. The summed E-state index contributed by atoms with van der Waals surface area (Å²) in [4.78, 5) is 15.9. The maximum Gasteiger partial charge on any atom is 0.246 e. The van der Waals surface area contributed by atoms with Crippen molar-refractivity contribution in [1.29, 1.82) is 0 Å².